The van der Waals surface area contributed by atoms with Gasteiger partial charge in [-0.3, -0.25) is 24.1 Å². The SMILES string of the molecule is CCC(C)C(C(CC(=O)N1CCCC1C(OC)C(C)C(=O)NC(c1ccccc1)C(N)c1ccccc1)OC)N(C)C(=O)C(NC(=O)C(C(C)C)N(C)C)C(C)C. The molecule has 10 unspecified atom stereocenters. The first-order valence-electron chi connectivity index (χ1n) is 20.7. The summed E-state index contributed by atoms with van der Waals surface area (Å²) in [6, 6.07) is 16.5. The van der Waals surface area contributed by atoms with Crippen LogP contribution in [0, 0.1) is 23.7 Å². The molecule has 318 valence electrons. The molecule has 0 aromatic heterocycles. The summed E-state index contributed by atoms with van der Waals surface area (Å²) in [5.74, 6) is -1.51. The molecule has 0 aliphatic carbocycles. The zero-order valence-electron chi connectivity index (χ0n) is 36.6. The van der Waals surface area contributed by atoms with E-state index >= 15 is 0 Å². The molecule has 1 saturated heterocycles. The van der Waals surface area contributed by atoms with Crippen LogP contribution in [0.15, 0.2) is 60.7 Å². The summed E-state index contributed by atoms with van der Waals surface area (Å²) < 4.78 is 12.1. The number of rotatable bonds is 21. The van der Waals surface area contributed by atoms with Gasteiger partial charge in [0.25, 0.3) is 0 Å². The summed E-state index contributed by atoms with van der Waals surface area (Å²) in [4.78, 5) is 61.6. The Labute approximate surface area is 342 Å². The number of ether oxygens (including phenoxy) is 2. The van der Waals surface area contributed by atoms with E-state index in [2.05, 4.69) is 24.5 Å². The number of amides is 4. The van der Waals surface area contributed by atoms with E-state index in [0.717, 1.165) is 24.0 Å². The highest BCUT2D eigenvalue weighted by atomic mass is 16.5. The van der Waals surface area contributed by atoms with Gasteiger partial charge in [-0.2, -0.15) is 0 Å². The minimum atomic E-state index is -0.759. The largest absolute Gasteiger partial charge is 0.379 e. The molecule has 0 bridgehead atoms. The summed E-state index contributed by atoms with van der Waals surface area (Å²) in [6.45, 7) is 14.3. The maximum Gasteiger partial charge on any atom is 0.245 e. The Balaban J connectivity index is 1.82. The molecule has 10 atom stereocenters. The van der Waals surface area contributed by atoms with Crippen LogP contribution in [0.4, 0.5) is 0 Å². The van der Waals surface area contributed by atoms with E-state index in [9.17, 15) is 19.2 Å². The normalized spacial score (nSPS) is 19.3. The summed E-state index contributed by atoms with van der Waals surface area (Å²) >= 11 is 0. The van der Waals surface area contributed by atoms with Crippen molar-refractivity contribution in [2.45, 2.75) is 123 Å². The Morgan fingerprint density at radius 1 is 0.825 bits per heavy atom. The van der Waals surface area contributed by atoms with Crippen molar-refractivity contribution in [3.05, 3.63) is 71.8 Å². The van der Waals surface area contributed by atoms with Crippen LogP contribution < -0.4 is 16.4 Å². The molecule has 0 saturated carbocycles. The molecule has 4 amide bonds. The van der Waals surface area contributed by atoms with Crippen LogP contribution in [-0.2, 0) is 28.7 Å². The van der Waals surface area contributed by atoms with E-state index in [4.69, 9.17) is 15.2 Å². The smallest absolute Gasteiger partial charge is 0.245 e. The molecule has 4 N–H and O–H groups in total. The lowest BCUT2D eigenvalue weighted by atomic mass is 9.89. The molecule has 1 fully saturated rings. The van der Waals surface area contributed by atoms with Gasteiger partial charge >= 0.3 is 0 Å². The zero-order chi connectivity index (χ0) is 42.6. The average Bonchev–Trinajstić information content (AvgIpc) is 3.68. The Morgan fingerprint density at radius 2 is 1.40 bits per heavy atom. The second-order valence-electron chi connectivity index (χ2n) is 16.8. The fourth-order valence-electron chi connectivity index (χ4n) is 8.60. The van der Waals surface area contributed by atoms with Crippen molar-refractivity contribution >= 4 is 23.6 Å². The maximum atomic E-state index is 14.4. The number of methoxy groups -OCH3 is 2. The second-order valence-corrected chi connectivity index (χ2v) is 16.8. The lowest BCUT2D eigenvalue weighted by Crippen LogP contribution is -2.59. The Bertz CT molecular complexity index is 1550. The number of hydrogen-bond donors (Lipinski definition) is 3. The molecular formula is C45H72N6O6. The van der Waals surface area contributed by atoms with Crippen molar-refractivity contribution in [1.82, 2.24) is 25.3 Å². The quantitative estimate of drug-likeness (QED) is 0.157. The highest BCUT2D eigenvalue weighted by molar-refractivity contribution is 5.90. The van der Waals surface area contributed by atoms with Crippen LogP contribution in [0.25, 0.3) is 0 Å². The topological polar surface area (TPSA) is 147 Å². The number of likely N-dealkylation sites (tertiary alicyclic amines) is 1. The van der Waals surface area contributed by atoms with E-state index in [0.29, 0.717) is 13.0 Å². The van der Waals surface area contributed by atoms with E-state index in [-0.39, 0.29) is 53.8 Å². The zero-order valence-corrected chi connectivity index (χ0v) is 36.6. The molecule has 3 rings (SSSR count). The number of benzene rings is 2. The van der Waals surface area contributed by atoms with Gasteiger partial charge in [0.05, 0.1) is 54.8 Å². The fourth-order valence-corrected chi connectivity index (χ4v) is 8.60. The van der Waals surface area contributed by atoms with E-state index < -0.39 is 48.3 Å². The highest BCUT2D eigenvalue weighted by Crippen LogP contribution is 2.32. The molecule has 1 heterocycles. The summed E-state index contributed by atoms with van der Waals surface area (Å²) in [5, 5.41) is 6.28. The molecule has 0 radical (unpaired) electrons. The number of carbonyl (C=O) groups excluding carboxylic acids is 4. The number of hydrogen-bond acceptors (Lipinski definition) is 8. The van der Waals surface area contributed by atoms with Crippen LogP contribution in [0.3, 0.4) is 0 Å². The predicted octanol–water partition coefficient (Wildman–Crippen LogP) is 5.19. The molecule has 12 nitrogen and oxygen atoms in total. The fraction of sp³-hybridized carbons (Fsp3) is 0.644. The van der Waals surface area contributed by atoms with Crippen LogP contribution >= 0.6 is 0 Å². The molecule has 1 aliphatic rings. The predicted molar refractivity (Wildman–Crippen MR) is 226 cm³/mol. The van der Waals surface area contributed by atoms with Crippen molar-refractivity contribution in [1.29, 1.82) is 0 Å². The summed E-state index contributed by atoms with van der Waals surface area (Å²) in [6.07, 6.45) is 1.02. The van der Waals surface area contributed by atoms with Gasteiger partial charge < -0.3 is 35.6 Å². The summed E-state index contributed by atoms with van der Waals surface area (Å²) in [5.41, 5.74) is 8.59. The molecule has 12 heteroatoms. The van der Waals surface area contributed by atoms with Crippen molar-refractivity contribution < 1.29 is 28.7 Å². The van der Waals surface area contributed by atoms with Crippen molar-refractivity contribution in [3.8, 4) is 0 Å². The van der Waals surface area contributed by atoms with Crippen molar-refractivity contribution in [2.75, 3.05) is 41.9 Å². The average molecular weight is 793 g/mol. The van der Waals surface area contributed by atoms with Crippen LogP contribution in [0.5, 0.6) is 0 Å². The highest BCUT2D eigenvalue weighted by Gasteiger charge is 2.43. The molecule has 2 aromatic rings. The van der Waals surface area contributed by atoms with Gasteiger partial charge in [0.2, 0.25) is 23.6 Å². The second kappa shape index (κ2) is 22.3. The monoisotopic (exact) mass is 793 g/mol. The number of nitrogens with zero attached hydrogens (tertiary/aromatic N) is 3. The Morgan fingerprint density at radius 3 is 1.89 bits per heavy atom. The van der Waals surface area contributed by atoms with E-state index in [1.807, 2.05) is 119 Å². The lowest BCUT2D eigenvalue weighted by Gasteiger charge is -2.41. The van der Waals surface area contributed by atoms with Crippen LogP contribution in [0.2, 0.25) is 0 Å². The number of nitrogens with two attached hydrogens (primary N) is 1. The van der Waals surface area contributed by atoms with Gasteiger partial charge in [-0.25, -0.2) is 0 Å². The minimum Gasteiger partial charge on any atom is -0.379 e. The molecule has 1 aliphatic heterocycles. The van der Waals surface area contributed by atoms with Crippen molar-refractivity contribution in [3.63, 3.8) is 0 Å². The third-order valence-electron chi connectivity index (χ3n) is 11.9. The Kier molecular flexibility index (Phi) is 18.6. The number of carbonyl (C=O) groups is 4. The van der Waals surface area contributed by atoms with E-state index in [1.54, 1.807) is 26.2 Å². The minimum absolute atomic E-state index is 0.0185. The number of likely N-dealkylation sites (N-methyl/N-ethyl adjacent to an activating group) is 2. The molecule has 57 heavy (non-hydrogen) atoms. The number of nitrogens with one attached hydrogen (secondary N) is 2. The van der Waals surface area contributed by atoms with Gasteiger partial charge in [-0.15, -0.1) is 0 Å². The Hall–Kier alpha value is -3.84. The van der Waals surface area contributed by atoms with Crippen molar-refractivity contribution in [2.24, 2.45) is 29.4 Å². The van der Waals surface area contributed by atoms with E-state index in [1.165, 1.54) is 0 Å². The van der Waals surface area contributed by atoms with Gasteiger partial charge in [0, 0.05) is 27.8 Å². The lowest BCUT2D eigenvalue weighted by molar-refractivity contribution is -0.148. The summed E-state index contributed by atoms with van der Waals surface area (Å²) in [7, 11) is 8.63. The van der Waals surface area contributed by atoms with Crippen LogP contribution in [0.1, 0.15) is 97.4 Å². The van der Waals surface area contributed by atoms with Gasteiger partial charge in [0.15, 0.2) is 0 Å². The first kappa shape index (κ1) is 47.5. The molecule has 0 spiro atoms. The molecular weight excluding hydrogens is 721 g/mol. The third kappa shape index (κ3) is 12.1. The first-order valence-corrected chi connectivity index (χ1v) is 20.7. The van der Waals surface area contributed by atoms with Crippen LogP contribution in [-0.4, -0.2) is 117 Å². The standard InChI is InChI=1S/C45H72N6O6/c1-13-30(6)41(50(10)45(55)38(28(2)3)47-44(54)40(29(4)5)49(8)9)35(56-11)27-36(52)51-26-20-25-34(51)42(57-12)31(7)43(53)48-39(33-23-18-15-19-24-33)37(46)32-21-16-14-17-22-32/h14-19,21-24,28-31,34-35,37-42H,13,20,25-27,46H2,1-12H3,(H,47,54)(H,48,53). The van der Waals surface area contributed by atoms with Gasteiger partial charge in [-0.1, -0.05) is 116 Å². The third-order valence-corrected chi connectivity index (χ3v) is 11.9. The molecule has 2 aromatic carbocycles. The van der Waals surface area contributed by atoms with Gasteiger partial charge in [-0.05, 0) is 55.8 Å². The van der Waals surface area contributed by atoms with Gasteiger partial charge in [0.1, 0.15) is 6.04 Å². The maximum absolute atomic E-state index is 14.4. The first-order chi connectivity index (χ1) is 27.0.